The van der Waals surface area contributed by atoms with E-state index >= 15 is 0 Å². The standard InChI is InChI=1S/C28H20.Pb/c1-5-13-23(14-6-1)21-27(25-17-9-3-10-18-25)28(26-19-11-4-12-20-26)22-24-15-7-2-8-16-24;/h1-20H;. The molecule has 0 spiro atoms. The molecular formula is C28H20Pb. The quantitative estimate of drug-likeness (QED) is 0.239. The Morgan fingerprint density at radius 1 is 0.310 bits per heavy atom. The molecule has 0 aromatic heterocycles. The average molecular weight is 564 g/mol. The van der Waals surface area contributed by atoms with Crippen molar-refractivity contribution in [2.75, 3.05) is 0 Å². The van der Waals surface area contributed by atoms with Crippen molar-refractivity contribution in [1.29, 1.82) is 0 Å². The van der Waals surface area contributed by atoms with Crippen molar-refractivity contribution in [2.24, 2.45) is 0 Å². The molecular weight excluding hydrogens is 544 g/mol. The molecule has 4 aromatic rings. The summed E-state index contributed by atoms with van der Waals surface area (Å²) in [4.78, 5) is 0. The Bertz CT molecular complexity index is 1080. The maximum absolute atomic E-state index is 2.28. The Morgan fingerprint density at radius 2 is 0.586 bits per heavy atom. The van der Waals surface area contributed by atoms with Crippen molar-refractivity contribution < 1.29 is 0 Å². The van der Waals surface area contributed by atoms with Gasteiger partial charge in [0.2, 0.25) is 0 Å². The van der Waals surface area contributed by atoms with Crippen LogP contribution in [-0.2, 0) is 0 Å². The van der Waals surface area contributed by atoms with Crippen LogP contribution in [0, 0.1) is 0 Å². The molecule has 0 saturated carbocycles. The molecule has 0 N–H and O–H groups in total. The molecule has 1 aliphatic heterocycles. The fourth-order valence-electron chi connectivity index (χ4n) is 3.93. The predicted molar refractivity (Wildman–Crippen MR) is 125 cm³/mol. The minimum absolute atomic E-state index is 1.28. The molecule has 0 atom stereocenters. The Labute approximate surface area is 184 Å². The summed E-state index contributed by atoms with van der Waals surface area (Å²) in [6.07, 6.45) is 0. The van der Waals surface area contributed by atoms with Crippen molar-refractivity contribution in [2.45, 2.75) is 0 Å². The van der Waals surface area contributed by atoms with Crippen LogP contribution < -0.4 is 0 Å². The van der Waals surface area contributed by atoms with Gasteiger partial charge in [-0.05, 0) is 0 Å². The summed E-state index contributed by atoms with van der Waals surface area (Å²) in [5, 5.41) is 0. The first-order valence-corrected chi connectivity index (χ1v) is 13.8. The Kier molecular flexibility index (Phi) is 5.27. The zero-order chi connectivity index (χ0) is 19.5. The third-order valence-corrected chi connectivity index (χ3v) is 11.4. The molecule has 0 amide bonds. The van der Waals surface area contributed by atoms with Gasteiger partial charge in [0.05, 0.1) is 0 Å². The van der Waals surface area contributed by atoms with Crippen LogP contribution in [0.5, 0.6) is 0 Å². The van der Waals surface area contributed by atoms with Crippen LogP contribution in [0.1, 0.15) is 22.3 Å². The van der Waals surface area contributed by atoms with Crippen LogP contribution in [0.3, 0.4) is 0 Å². The molecule has 0 saturated heterocycles. The third kappa shape index (κ3) is 3.65. The predicted octanol–water partition coefficient (Wildman–Crippen LogP) is 6.84. The normalized spacial score (nSPS) is 13.8. The maximum atomic E-state index is 2.28. The van der Waals surface area contributed by atoms with Crippen LogP contribution in [-0.4, -0.2) is 24.2 Å². The molecule has 2 radical (unpaired) electrons. The molecule has 0 bridgehead atoms. The van der Waals surface area contributed by atoms with E-state index in [0.29, 0.717) is 0 Å². The van der Waals surface area contributed by atoms with Gasteiger partial charge in [0.1, 0.15) is 0 Å². The molecule has 0 nitrogen and oxygen atoms in total. The van der Waals surface area contributed by atoms with E-state index in [1.807, 2.05) is 0 Å². The number of rotatable bonds is 4. The SMILES string of the molecule is c1ccc([C]2=C(c3ccccc3)C(c3ccccc3)=[C](c3ccccc3)[Pb]2)cc1. The van der Waals surface area contributed by atoms with Crippen LogP contribution in [0.15, 0.2) is 121 Å². The van der Waals surface area contributed by atoms with Gasteiger partial charge < -0.3 is 0 Å². The zero-order valence-corrected chi connectivity index (χ0v) is 19.9. The monoisotopic (exact) mass is 564 g/mol. The summed E-state index contributed by atoms with van der Waals surface area (Å²) in [6, 6.07) is 43.9. The second kappa shape index (κ2) is 8.34. The Hall–Kier alpha value is -2.72. The van der Waals surface area contributed by atoms with Gasteiger partial charge in [0.15, 0.2) is 0 Å². The molecule has 1 heterocycles. The van der Waals surface area contributed by atoms with E-state index in [9.17, 15) is 0 Å². The Morgan fingerprint density at radius 3 is 0.897 bits per heavy atom. The fourth-order valence-corrected chi connectivity index (χ4v) is 10.4. The van der Waals surface area contributed by atoms with Crippen molar-refractivity contribution in [3.05, 3.63) is 144 Å². The summed E-state index contributed by atoms with van der Waals surface area (Å²) in [6.45, 7) is 0. The van der Waals surface area contributed by atoms with Crippen molar-refractivity contribution in [3.63, 3.8) is 0 Å². The first-order chi connectivity index (χ1) is 14.4. The van der Waals surface area contributed by atoms with E-state index in [0.717, 1.165) is 0 Å². The van der Waals surface area contributed by atoms with Crippen molar-refractivity contribution in [3.8, 4) is 0 Å². The first-order valence-electron chi connectivity index (χ1n) is 9.89. The molecule has 4 aromatic carbocycles. The summed E-state index contributed by atoms with van der Waals surface area (Å²) in [7, 11) is 0. The minimum atomic E-state index is -1.28. The van der Waals surface area contributed by atoms with Gasteiger partial charge in [-0.2, -0.15) is 0 Å². The van der Waals surface area contributed by atoms with E-state index in [4.69, 9.17) is 0 Å². The topological polar surface area (TPSA) is 0 Å². The molecule has 0 unspecified atom stereocenters. The molecule has 136 valence electrons. The van der Waals surface area contributed by atoms with Crippen LogP contribution in [0.2, 0.25) is 0 Å². The van der Waals surface area contributed by atoms with Crippen molar-refractivity contribution >= 4 is 41.6 Å². The first kappa shape index (κ1) is 18.3. The summed E-state index contributed by atoms with van der Waals surface area (Å²) < 4.78 is 3.18. The molecule has 0 aliphatic carbocycles. The van der Waals surface area contributed by atoms with Crippen LogP contribution in [0.4, 0.5) is 0 Å². The summed E-state index contributed by atoms with van der Waals surface area (Å²) in [5.41, 5.74) is 8.28. The number of benzene rings is 4. The van der Waals surface area contributed by atoms with Gasteiger partial charge in [-0.1, -0.05) is 0 Å². The zero-order valence-electron chi connectivity index (χ0n) is 16.0. The molecule has 29 heavy (non-hydrogen) atoms. The van der Waals surface area contributed by atoms with Gasteiger partial charge >= 0.3 is 185 Å². The van der Waals surface area contributed by atoms with Crippen LogP contribution in [0.25, 0.3) is 17.4 Å². The van der Waals surface area contributed by atoms with Crippen LogP contribution >= 0.6 is 0 Å². The van der Waals surface area contributed by atoms with Gasteiger partial charge in [0.25, 0.3) is 0 Å². The van der Waals surface area contributed by atoms with Gasteiger partial charge in [-0.25, -0.2) is 0 Å². The number of allylic oxidation sites excluding steroid dienone is 2. The average Bonchev–Trinajstić information content (AvgIpc) is 3.22. The second-order valence-electron chi connectivity index (χ2n) is 7.09. The fraction of sp³-hybridized carbons (Fsp3) is 0. The van der Waals surface area contributed by atoms with E-state index in [1.54, 1.807) is 6.26 Å². The molecule has 1 heteroatoms. The van der Waals surface area contributed by atoms with Gasteiger partial charge in [-0.15, -0.1) is 0 Å². The van der Waals surface area contributed by atoms with E-state index < -0.39 is 24.2 Å². The van der Waals surface area contributed by atoms with Gasteiger partial charge in [-0.3, -0.25) is 0 Å². The van der Waals surface area contributed by atoms with E-state index in [-0.39, 0.29) is 0 Å². The number of hydrogen-bond donors (Lipinski definition) is 0. The van der Waals surface area contributed by atoms with Crippen molar-refractivity contribution in [1.82, 2.24) is 0 Å². The molecule has 1 aliphatic rings. The van der Waals surface area contributed by atoms with Gasteiger partial charge in [0, 0.05) is 0 Å². The van der Waals surface area contributed by atoms with E-state index in [1.165, 1.54) is 33.4 Å². The summed E-state index contributed by atoms with van der Waals surface area (Å²) >= 11 is -1.28. The van der Waals surface area contributed by atoms with E-state index in [2.05, 4.69) is 121 Å². The number of hydrogen-bond acceptors (Lipinski definition) is 0. The summed E-state index contributed by atoms with van der Waals surface area (Å²) in [5.74, 6) is 0. The second-order valence-corrected chi connectivity index (χ2v) is 11.9. The third-order valence-electron chi connectivity index (χ3n) is 5.25. The Balaban J connectivity index is 1.81. The molecule has 5 rings (SSSR count). The molecule has 0 fully saturated rings.